The summed E-state index contributed by atoms with van der Waals surface area (Å²) in [6.07, 6.45) is 0. The van der Waals surface area contributed by atoms with Gasteiger partial charge < -0.3 is 5.21 Å². The zero-order valence-electron chi connectivity index (χ0n) is 6.73. The maximum absolute atomic E-state index is 9.36. The van der Waals surface area contributed by atoms with Crippen molar-refractivity contribution in [3.63, 3.8) is 0 Å². The van der Waals surface area contributed by atoms with E-state index in [0.717, 1.165) is 12.3 Å². The first-order chi connectivity index (χ1) is 5.86. The number of nitrogens with zero attached hydrogens (tertiary/aromatic N) is 1. The molecule has 64 valence electrons. The summed E-state index contributed by atoms with van der Waals surface area (Å²) in [6.45, 7) is 1.41. The molecule has 3 heteroatoms. The van der Waals surface area contributed by atoms with E-state index in [1.807, 2.05) is 23.9 Å². The molecule has 1 aromatic carbocycles. The minimum atomic E-state index is 0.656. The fourth-order valence-corrected chi connectivity index (χ4v) is 2.33. The van der Waals surface area contributed by atoms with E-state index in [1.165, 1.54) is 15.5 Å². The van der Waals surface area contributed by atoms with Gasteiger partial charge in [0, 0.05) is 23.7 Å². The third kappa shape index (κ3) is 1.63. The Kier molecular flexibility index (Phi) is 2.35. The molecule has 0 aliphatic carbocycles. The molecule has 0 saturated heterocycles. The van der Waals surface area contributed by atoms with Crippen molar-refractivity contribution in [1.82, 2.24) is 5.06 Å². The van der Waals surface area contributed by atoms with E-state index in [9.17, 15) is 5.21 Å². The van der Waals surface area contributed by atoms with Crippen molar-refractivity contribution in [3.05, 3.63) is 29.8 Å². The molecule has 1 heterocycles. The molecule has 0 spiro atoms. The molecular formula is C9H11NOS. The van der Waals surface area contributed by atoms with Gasteiger partial charge in [-0.15, -0.1) is 11.8 Å². The highest BCUT2D eigenvalue weighted by Gasteiger charge is 2.11. The standard InChI is InChI=1S/C9H11NOS/c11-10-5-6-12-9-4-2-1-3-8(9)7-10/h1-4,11H,5-7H2. The zero-order chi connectivity index (χ0) is 8.39. The quantitative estimate of drug-likeness (QED) is 0.662. The number of benzene rings is 1. The molecule has 0 saturated carbocycles. The van der Waals surface area contributed by atoms with Gasteiger partial charge in [0.1, 0.15) is 0 Å². The van der Waals surface area contributed by atoms with Crippen molar-refractivity contribution in [1.29, 1.82) is 0 Å². The van der Waals surface area contributed by atoms with E-state index in [1.54, 1.807) is 0 Å². The fourth-order valence-electron chi connectivity index (χ4n) is 1.31. The van der Waals surface area contributed by atoms with E-state index < -0.39 is 0 Å². The van der Waals surface area contributed by atoms with E-state index in [2.05, 4.69) is 12.1 Å². The van der Waals surface area contributed by atoms with Crippen molar-refractivity contribution in [2.75, 3.05) is 12.3 Å². The van der Waals surface area contributed by atoms with Gasteiger partial charge in [0.25, 0.3) is 0 Å². The second-order valence-corrected chi connectivity index (χ2v) is 3.98. The summed E-state index contributed by atoms with van der Waals surface area (Å²) in [5.74, 6) is 0.966. The van der Waals surface area contributed by atoms with Gasteiger partial charge in [0.15, 0.2) is 0 Å². The molecule has 0 unspecified atom stereocenters. The van der Waals surface area contributed by atoms with Crippen LogP contribution in [0.1, 0.15) is 5.56 Å². The lowest BCUT2D eigenvalue weighted by Gasteiger charge is -2.10. The number of thioether (sulfide) groups is 1. The van der Waals surface area contributed by atoms with Crippen LogP contribution in [-0.4, -0.2) is 22.6 Å². The second kappa shape index (κ2) is 3.47. The Bertz CT molecular complexity index is 277. The van der Waals surface area contributed by atoms with Crippen LogP contribution in [0.5, 0.6) is 0 Å². The third-order valence-electron chi connectivity index (χ3n) is 1.93. The Morgan fingerprint density at radius 3 is 3.08 bits per heavy atom. The minimum absolute atomic E-state index is 0.656. The Balaban J connectivity index is 2.31. The predicted molar refractivity (Wildman–Crippen MR) is 49.4 cm³/mol. The van der Waals surface area contributed by atoms with Gasteiger partial charge in [-0.1, -0.05) is 18.2 Å². The summed E-state index contributed by atoms with van der Waals surface area (Å²) in [6, 6.07) is 8.23. The largest absolute Gasteiger partial charge is 0.314 e. The van der Waals surface area contributed by atoms with Crippen LogP contribution in [0.25, 0.3) is 0 Å². The van der Waals surface area contributed by atoms with Crippen LogP contribution >= 0.6 is 11.8 Å². The lowest BCUT2D eigenvalue weighted by atomic mass is 10.2. The van der Waals surface area contributed by atoms with Crippen LogP contribution in [0.3, 0.4) is 0 Å². The van der Waals surface area contributed by atoms with Crippen LogP contribution in [0.15, 0.2) is 29.2 Å². The van der Waals surface area contributed by atoms with Crippen LogP contribution < -0.4 is 0 Å². The van der Waals surface area contributed by atoms with Crippen LogP contribution in [0.4, 0.5) is 0 Å². The number of hydroxylamine groups is 2. The summed E-state index contributed by atoms with van der Waals surface area (Å²) >= 11 is 1.81. The SMILES string of the molecule is ON1CCSc2ccccc2C1. The molecule has 1 aliphatic heterocycles. The Morgan fingerprint density at radius 1 is 1.33 bits per heavy atom. The highest BCUT2D eigenvalue weighted by Crippen LogP contribution is 2.25. The molecule has 1 aromatic rings. The molecule has 2 nitrogen and oxygen atoms in total. The van der Waals surface area contributed by atoms with Crippen molar-refractivity contribution in [2.24, 2.45) is 0 Å². The van der Waals surface area contributed by atoms with Gasteiger partial charge in [-0.25, -0.2) is 0 Å². The topological polar surface area (TPSA) is 23.5 Å². The zero-order valence-corrected chi connectivity index (χ0v) is 7.55. The molecule has 2 rings (SSSR count). The van der Waals surface area contributed by atoms with E-state index >= 15 is 0 Å². The average molecular weight is 181 g/mol. The molecule has 0 amide bonds. The molecule has 0 radical (unpaired) electrons. The average Bonchev–Trinajstić information content (AvgIpc) is 2.25. The molecule has 1 N–H and O–H groups in total. The number of hydrogen-bond donors (Lipinski definition) is 1. The van der Waals surface area contributed by atoms with E-state index in [0.29, 0.717) is 6.54 Å². The number of hydrogen-bond acceptors (Lipinski definition) is 3. The van der Waals surface area contributed by atoms with Crippen molar-refractivity contribution < 1.29 is 5.21 Å². The monoisotopic (exact) mass is 181 g/mol. The van der Waals surface area contributed by atoms with Gasteiger partial charge in [-0.05, 0) is 11.6 Å². The van der Waals surface area contributed by atoms with Crippen LogP contribution in [-0.2, 0) is 6.54 Å². The van der Waals surface area contributed by atoms with E-state index in [4.69, 9.17) is 0 Å². The van der Waals surface area contributed by atoms with Gasteiger partial charge in [0.05, 0.1) is 0 Å². The van der Waals surface area contributed by atoms with Crippen LogP contribution in [0.2, 0.25) is 0 Å². The maximum atomic E-state index is 9.36. The fraction of sp³-hybridized carbons (Fsp3) is 0.333. The molecule has 1 aliphatic rings. The molecule has 0 aromatic heterocycles. The predicted octanol–water partition coefficient (Wildman–Crippen LogP) is 1.98. The normalized spacial score (nSPS) is 18.4. The third-order valence-corrected chi connectivity index (χ3v) is 3.03. The number of rotatable bonds is 0. The summed E-state index contributed by atoms with van der Waals surface area (Å²) in [4.78, 5) is 1.30. The summed E-state index contributed by atoms with van der Waals surface area (Å²) in [7, 11) is 0. The summed E-state index contributed by atoms with van der Waals surface area (Å²) < 4.78 is 0. The highest BCUT2D eigenvalue weighted by molar-refractivity contribution is 7.99. The lowest BCUT2D eigenvalue weighted by molar-refractivity contribution is -0.0934. The first-order valence-electron chi connectivity index (χ1n) is 4.01. The first-order valence-corrected chi connectivity index (χ1v) is 4.99. The van der Waals surface area contributed by atoms with Gasteiger partial charge in [-0.2, -0.15) is 5.06 Å². The molecule has 0 bridgehead atoms. The summed E-state index contributed by atoms with van der Waals surface area (Å²) in [5, 5.41) is 10.7. The van der Waals surface area contributed by atoms with Crippen molar-refractivity contribution >= 4 is 11.8 Å². The van der Waals surface area contributed by atoms with Gasteiger partial charge in [0.2, 0.25) is 0 Å². The second-order valence-electron chi connectivity index (χ2n) is 2.84. The number of fused-ring (bicyclic) bond motifs is 1. The summed E-state index contributed by atoms with van der Waals surface area (Å²) in [5.41, 5.74) is 1.22. The molecule has 12 heavy (non-hydrogen) atoms. The highest BCUT2D eigenvalue weighted by atomic mass is 32.2. The molecule has 0 atom stereocenters. The van der Waals surface area contributed by atoms with Crippen molar-refractivity contribution in [3.8, 4) is 0 Å². The maximum Gasteiger partial charge on any atom is 0.0500 e. The Labute approximate surface area is 76.2 Å². The molecular weight excluding hydrogens is 170 g/mol. The lowest BCUT2D eigenvalue weighted by Crippen LogP contribution is -2.19. The Hall–Kier alpha value is -0.510. The van der Waals surface area contributed by atoms with Gasteiger partial charge in [-0.3, -0.25) is 0 Å². The smallest absolute Gasteiger partial charge is 0.0500 e. The first kappa shape index (κ1) is 8.10. The van der Waals surface area contributed by atoms with Crippen LogP contribution in [0, 0.1) is 0 Å². The van der Waals surface area contributed by atoms with E-state index in [-0.39, 0.29) is 0 Å². The molecule has 0 fully saturated rings. The van der Waals surface area contributed by atoms with Gasteiger partial charge >= 0.3 is 0 Å². The Morgan fingerprint density at radius 2 is 2.17 bits per heavy atom. The minimum Gasteiger partial charge on any atom is -0.314 e. The van der Waals surface area contributed by atoms with Crippen molar-refractivity contribution in [2.45, 2.75) is 11.4 Å².